The van der Waals surface area contributed by atoms with E-state index < -0.39 is 9.05 Å². The topological polar surface area (TPSA) is 34.1 Å². The molecular formula is C7H5Br2ClO2S. The van der Waals surface area contributed by atoms with E-state index in [1.807, 2.05) is 6.07 Å². The molecule has 6 heteroatoms. The van der Waals surface area contributed by atoms with Gasteiger partial charge in [-0.05, 0) is 43.5 Å². The van der Waals surface area contributed by atoms with Gasteiger partial charge in [0.05, 0.1) is 5.75 Å². The minimum Gasteiger partial charge on any atom is -0.212 e. The Bertz CT molecular complexity index is 417. The highest BCUT2D eigenvalue weighted by Gasteiger charge is 2.11. The van der Waals surface area contributed by atoms with Crippen molar-refractivity contribution in [2.75, 3.05) is 0 Å². The van der Waals surface area contributed by atoms with Gasteiger partial charge in [0.15, 0.2) is 0 Å². The Morgan fingerprint density at radius 1 is 1.31 bits per heavy atom. The van der Waals surface area contributed by atoms with E-state index in [-0.39, 0.29) is 5.75 Å². The fraction of sp³-hybridized carbons (Fsp3) is 0.143. The van der Waals surface area contributed by atoms with Crippen molar-refractivity contribution in [3.63, 3.8) is 0 Å². The second kappa shape index (κ2) is 4.29. The second-order valence-electron chi connectivity index (χ2n) is 2.40. The number of rotatable bonds is 2. The van der Waals surface area contributed by atoms with Gasteiger partial charge in [-0.1, -0.05) is 12.1 Å². The van der Waals surface area contributed by atoms with Gasteiger partial charge >= 0.3 is 0 Å². The standard InChI is InChI=1S/C7H5Br2ClO2S/c8-6-3-1-2-5(7(6)9)4-13(10,11)12/h1-3H,4H2. The molecule has 0 aliphatic carbocycles. The highest BCUT2D eigenvalue weighted by Crippen LogP contribution is 2.28. The molecule has 1 aromatic rings. The normalized spacial score (nSPS) is 11.6. The quantitative estimate of drug-likeness (QED) is 0.769. The molecule has 2 nitrogen and oxygen atoms in total. The summed E-state index contributed by atoms with van der Waals surface area (Å²) >= 11 is 6.53. The minimum atomic E-state index is -3.50. The zero-order chi connectivity index (χ0) is 10.1. The molecule has 0 bridgehead atoms. The van der Waals surface area contributed by atoms with Gasteiger partial charge in [0.2, 0.25) is 9.05 Å². The van der Waals surface area contributed by atoms with Crippen molar-refractivity contribution in [3.8, 4) is 0 Å². The van der Waals surface area contributed by atoms with E-state index in [4.69, 9.17) is 10.7 Å². The molecule has 0 saturated heterocycles. The summed E-state index contributed by atoms with van der Waals surface area (Å²) in [4.78, 5) is 0. The Morgan fingerprint density at radius 3 is 2.46 bits per heavy atom. The average molecular weight is 348 g/mol. The zero-order valence-corrected chi connectivity index (χ0v) is 11.0. The van der Waals surface area contributed by atoms with Gasteiger partial charge in [0.1, 0.15) is 0 Å². The van der Waals surface area contributed by atoms with E-state index in [2.05, 4.69) is 31.9 Å². The van der Waals surface area contributed by atoms with Crippen LogP contribution in [-0.4, -0.2) is 8.42 Å². The average Bonchev–Trinajstić information content (AvgIpc) is 1.96. The third-order valence-electron chi connectivity index (χ3n) is 1.36. The molecule has 1 aromatic carbocycles. The number of hydrogen-bond acceptors (Lipinski definition) is 2. The van der Waals surface area contributed by atoms with Gasteiger partial charge in [-0.25, -0.2) is 8.42 Å². The molecule has 0 aromatic heterocycles. The lowest BCUT2D eigenvalue weighted by Crippen LogP contribution is -1.96. The van der Waals surface area contributed by atoms with E-state index in [9.17, 15) is 8.42 Å². The molecular weight excluding hydrogens is 343 g/mol. The zero-order valence-electron chi connectivity index (χ0n) is 6.30. The Balaban J connectivity index is 3.10. The predicted molar refractivity (Wildman–Crippen MR) is 60.3 cm³/mol. The molecule has 0 saturated carbocycles. The molecule has 0 amide bonds. The molecule has 0 heterocycles. The van der Waals surface area contributed by atoms with Crippen LogP contribution in [0, 0.1) is 0 Å². The van der Waals surface area contributed by atoms with Crippen molar-refractivity contribution < 1.29 is 8.42 Å². The maximum atomic E-state index is 10.8. The van der Waals surface area contributed by atoms with Crippen molar-refractivity contribution in [2.24, 2.45) is 0 Å². The highest BCUT2D eigenvalue weighted by molar-refractivity contribution is 9.13. The lowest BCUT2D eigenvalue weighted by Gasteiger charge is -2.02. The first-order valence-electron chi connectivity index (χ1n) is 3.25. The lowest BCUT2D eigenvalue weighted by molar-refractivity contribution is 0.609. The summed E-state index contributed by atoms with van der Waals surface area (Å²) in [6.07, 6.45) is 0. The number of hydrogen-bond donors (Lipinski definition) is 0. The van der Waals surface area contributed by atoms with Gasteiger partial charge in [0, 0.05) is 19.6 Å². The van der Waals surface area contributed by atoms with Gasteiger partial charge < -0.3 is 0 Å². The van der Waals surface area contributed by atoms with Crippen LogP contribution in [0.15, 0.2) is 27.1 Å². The summed E-state index contributed by atoms with van der Waals surface area (Å²) in [7, 11) is 1.63. The first kappa shape index (κ1) is 11.5. The largest absolute Gasteiger partial charge is 0.236 e. The third kappa shape index (κ3) is 3.58. The van der Waals surface area contributed by atoms with Crippen LogP contribution in [0.2, 0.25) is 0 Å². The van der Waals surface area contributed by atoms with Crippen LogP contribution in [0.3, 0.4) is 0 Å². The van der Waals surface area contributed by atoms with E-state index in [1.165, 1.54) is 0 Å². The summed E-state index contributed by atoms with van der Waals surface area (Å²) in [5, 5.41) is 0. The summed E-state index contributed by atoms with van der Waals surface area (Å²) < 4.78 is 23.1. The molecule has 0 N–H and O–H groups in total. The van der Waals surface area contributed by atoms with Crippen molar-refractivity contribution in [2.45, 2.75) is 5.75 Å². The van der Waals surface area contributed by atoms with Crippen LogP contribution in [0.25, 0.3) is 0 Å². The fourth-order valence-electron chi connectivity index (χ4n) is 0.846. The van der Waals surface area contributed by atoms with E-state index in [0.29, 0.717) is 5.56 Å². The summed E-state index contributed by atoms with van der Waals surface area (Å²) in [6, 6.07) is 5.27. The molecule has 0 spiro atoms. The van der Waals surface area contributed by atoms with E-state index in [1.54, 1.807) is 12.1 Å². The van der Waals surface area contributed by atoms with Gasteiger partial charge in [-0.2, -0.15) is 0 Å². The maximum absolute atomic E-state index is 10.8. The Morgan fingerprint density at radius 2 is 1.92 bits per heavy atom. The summed E-state index contributed by atoms with van der Waals surface area (Å²) in [5.41, 5.74) is 0.643. The second-order valence-corrected chi connectivity index (χ2v) is 6.82. The summed E-state index contributed by atoms with van der Waals surface area (Å²) in [5.74, 6) is -0.172. The molecule has 0 unspecified atom stereocenters. The van der Waals surface area contributed by atoms with E-state index >= 15 is 0 Å². The number of benzene rings is 1. The minimum absolute atomic E-state index is 0.172. The van der Waals surface area contributed by atoms with Crippen molar-refractivity contribution in [1.29, 1.82) is 0 Å². The molecule has 0 aliphatic heterocycles. The van der Waals surface area contributed by atoms with E-state index in [0.717, 1.165) is 8.95 Å². The van der Waals surface area contributed by atoms with Gasteiger partial charge in [-0.15, -0.1) is 0 Å². The first-order chi connectivity index (χ1) is 5.90. The molecule has 0 atom stereocenters. The molecule has 0 radical (unpaired) electrons. The SMILES string of the molecule is O=S(=O)(Cl)Cc1cccc(Br)c1Br. The molecule has 13 heavy (non-hydrogen) atoms. The van der Waals surface area contributed by atoms with Crippen LogP contribution in [0.1, 0.15) is 5.56 Å². The lowest BCUT2D eigenvalue weighted by atomic mass is 10.2. The van der Waals surface area contributed by atoms with Crippen LogP contribution < -0.4 is 0 Å². The highest BCUT2D eigenvalue weighted by atomic mass is 79.9. The monoisotopic (exact) mass is 346 g/mol. The van der Waals surface area contributed by atoms with Crippen LogP contribution >= 0.6 is 42.5 Å². The van der Waals surface area contributed by atoms with Crippen LogP contribution in [0.4, 0.5) is 0 Å². The summed E-state index contributed by atoms with van der Waals surface area (Å²) in [6.45, 7) is 0. The predicted octanol–water partition coefficient (Wildman–Crippen LogP) is 3.28. The maximum Gasteiger partial charge on any atom is 0.236 e. The molecule has 0 fully saturated rings. The van der Waals surface area contributed by atoms with Crippen LogP contribution in [-0.2, 0) is 14.8 Å². The Hall–Kier alpha value is 0.420. The molecule has 1 rings (SSSR count). The number of halogens is 3. The van der Waals surface area contributed by atoms with Crippen molar-refractivity contribution in [1.82, 2.24) is 0 Å². The van der Waals surface area contributed by atoms with Gasteiger partial charge in [0.25, 0.3) is 0 Å². The van der Waals surface area contributed by atoms with Gasteiger partial charge in [-0.3, -0.25) is 0 Å². The molecule has 0 aliphatic rings. The Labute approximate surface area is 98.0 Å². The van der Waals surface area contributed by atoms with Crippen LogP contribution in [0.5, 0.6) is 0 Å². The van der Waals surface area contributed by atoms with Crippen molar-refractivity contribution >= 4 is 51.6 Å². The fourth-order valence-corrected chi connectivity index (χ4v) is 2.81. The molecule has 72 valence electrons. The third-order valence-corrected chi connectivity index (χ3v) is 4.47. The van der Waals surface area contributed by atoms with Crippen molar-refractivity contribution in [3.05, 3.63) is 32.7 Å². The Kier molecular flexibility index (Phi) is 3.80. The first-order valence-corrected chi connectivity index (χ1v) is 7.32. The smallest absolute Gasteiger partial charge is 0.212 e.